The largest absolute Gasteiger partial charge is 0.463 e. The second-order valence-electron chi connectivity index (χ2n) is 4.91. The van der Waals surface area contributed by atoms with Gasteiger partial charge in [0.2, 0.25) is 0 Å². The summed E-state index contributed by atoms with van der Waals surface area (Å²) in [6.45, 7) is 7.90. The molecule has 0 aliphatic heterocycles. The molecule has 0 saturated heterocycles. The number of methoxy groups -OCH3 is 1. The minimum absolute atomic E-state index is 0.212. The minimum atomic E-state index is 0.212. The fraction of sp³-hybridized carbons (Fsp3) is 0.667. The van der Waals surface area contributed by atoms with E-state index in [2.05, 4.69) is 28.6 Å². The van der Waals surface area contributed by atoms with Gasteiger partial charge in [0, 0.05) is 19.5 Å². The number of ether oxygens (including phenoxy) is 3. The van der Waals surface area contributed by atoms with Crippen molar-refractivity contribution >= 4 is 35.6 Å². The van der Waals surface area contributed by atoms with Gasteiger partial charge in [-0.25, -0.2) is 0 Å². The van der Waals surface area contributed by atoms with E-state index in [9.17, 15) is 0 Å². The van der Waals surface area contributed by atoms with Gasteiger partial charge in [0.1, 0.15) is 12.4 Å². The predicted molar refractivity (Wildman–Crippen MR) is 96.8 cm³/mol. The first-order chi connectivity index (χ1) is 11.7. The minimum Gasteiger partial charge on any atom is -0.463 e. The first-order valence-corrected chi connectivity index (χ1v) is 8.35. The fourth-order valence-electron chi connectivity index (χ4n) is 1.90. The molecule has 0 aliphatic rings. The molecule has 1 rings (SSSR count). The van der Waals surface area contributed by atoms with Crippen LogP contribution in [0.5, 0.6) is 6.01 Å². The molecule has 0 spiro atoms. The highest BCUT2D eigenvalue weighted by Crippen LogP contribution is 2.32. The summed E-state index contributed by atoms with van der Waals surface area (Å²) in [6, 6.07) is 0.214. The van der Waals surface area contributed by atoms with Gasteiger partial charge in [-0.05, 0) is 13.1 Å². The molecule has 0 amide bonds. The molecule has 24 heavy (non-hydrogen) atoms. The highest BCUT2D eigenvalue weighted by molar-refractivity contribution is 6.17. The number of hydrogen-bond acceptors (Lipinski definition) is 8. The zero-order valence-corrected chi connectivity index (χ0v) is 15.1. The maximum Gasteiger partial charge on any atom is 0.320 e. The monoisotopic (exact) mass is 359 g/mol. The number of hydrogen-bond donors (Lipinski definition) is 1. The Hall–Kier alpha value is -1.64. The van der Waals surface area contributed by atoms with E-state index in [0.717, 1.165) is 12.8 Å². The van der Waals surface area contributed by atoms with Crippen LogP contribution in [0.2, 0.25) is 0 Å². The van der Waals surface area contributed by atoms with E-state index in [4.69, 9.17) is 31.5 Å². The Morgan fingerprint density at radius 2 is 2.08 bits per heavy atom. The SMILES string of the molecule is C=Nc1c(N)nc(OCCCC)nc1N(CCOCCCl)COC. The Kier molecular flexibility index (Phi) is 10.1. The van der Waals surface area contributed by atoms with Crippen LogP contribution < -0.4 is 15.4 Å². The first-order valence-electron chi connectivity index (χ1n) is 7.82. The summed E-state index contributed by atoms with van der Waals surface area (Å²) in [6.07, 6.45) is 1.93. The van der Waals surface area contributed by atoms with Crippen LogP contribution in [-0.4, -0.2) is 62.8 Å². The average Bonchev–Trinajstić information content (AvgIpc) is 2.57. The average molecular weight is 360 g/mol. The normalized spacial score (nSPS) is 10.6. The smallest absolute Gasteiger partial charge is 0.320 e. The van der Waals surface area contributed by atoms with Crippen LogP contribution in [-0.2, 0) is 9.47 Å². The Balaban J connectivity index is 2.97. The van der Waals surface area contributed by atoms with Crippen molar-refractivity contribution in [2.45, 2.75) is 19.8 Å². The van der Waals surface area contributed by atoms with Crippen molar-refractivity contribution in [1.29, 1.82) is 0 Å². The van der Waals surface area contributed by atoms with E-state index in [1.807, 2.05) is 4.90 Å². The van der Waals surface area contributed by atoms with Crippen molar-refractivity contribution in [2.75, 3.05) is 56.7 Å². The molecule has 0 aromatic carbocycles. The van der Waals surface area contributed by atoms with Crippen molar-refractivity contribution in [3.05, 3.63) is 0 Å². The van der Waals surface area contributed by atoms with Crippen molar-refractivity contribution in [1.82, 2.24) is 9.97 Å². The zero-order valence-electron chi connectivity index (χ0n) is 14.3. The number of anilines is 2. The van der Waals surface area contributed by atoms with E-state index >= 15 is 0 Å². The Labute approximate surface area is 148 Å². The molecule has 1 heterocycles. The molecule has 0 fully saturated rings. The van der Waals surface area contributed by atoms with Gasteiger partial charge in [-0.3, -0.25) is 4.99 Å². The Bertz CT molecular complexity index is 504. The van der Waals surface area contributed by atoms with Crippen molar-refractivity contribution < 1.29 is 14.2 Å². The molecule has 1 aromatic heterocycles. The Morgan fingerprint density at radius 3 is 2.71 bits per heavy atom. The summed E-state index contributed by atoms with van der Waals surface area (Å²) < 4.78 is 16.2. The molecule has 9 heteroatoms. The fourth-order valence-corrected chi connectivity index (χ4v) is 2.01. The van der Waals surface area contributed by atoms with Crippen LogP contribution in [0.15, 0.2) is 4.99 Å². The summed E-state index contributed by atoms with van der Waals surface area (Å²) in [7, 11) is 1.59. The van der Waals surface area contributed by atoms with E-state index in [-0.39, 0.29) is 18.6 Å². The predicted octanol–water partition coefficient (Wildman–Crippen LogP) is 2.24. The molecule has 0 aliphatic carbocycles. The Morgan fingerprint density at radius 1 is 1.29 bits per heavy atom. The third kappa shape index (κ3) is 6.46. The molecule has 8 nitrogen and oxygen atoms in total. The standard InChI is InChI=1S/C15H26ClN5O3/c1-4-5-8-24-15-19-13(17)12(18-2)14(20-15)21(11-22-3)7-10-23-9-6-16/h2,4-11H2,1,3H3,(H2,17,19,20). The number of halogens is 1. The van der Waals surface area contributed by atoms with Crippen molar-refractivity contribution in [3.8, 4) is 6.01 Å². The number of unbranched alkanes of at least 4 members (excludes halogenated alkanes) is 1. The second-order valence-corrected chi connectivity index (χ2v) is 5.28. The summed E-state index contributed by atoms with van der Waals surface area (Å²) in [5.74, 6) is 1.16. The van der Waals surface area contributed by atoms with Gasteiger partial charge in [-0.2, -0.15) is 9.97 Å². The van der Waals surface area contributed by atoms with E-state index in [1.54, 1.807) is 7.11 Å². The van der Waals surface area contributed by atoms with Crippen LogP contribution in [0.25, 0.3) is 0 Å². The number of nitrogens with zero attached hydrogens (tertiary/aromatic N) is 4. The molecule has 0 unspecified atom stereocenters. The summed E-state index contributed by atoms with van der Waals surface area (Å²) in [4.78, 5) is 14.3. The van der Waals surface area contributed by atoms with Crippen LogP contribution in [0.3, 0.4) is 0 Å². The van der Waals surface area contributed by atoms with Gasteiger partial charge in [-0.15, -0.1) is 11.6 Å². The third-order valence-electron chi connectivity index (χ3n) is 3.07. The molecule has 136 valence electrons. The van der Waals surface area contributed by atoms with Crippen LogP contribution in [0.1, 0.15) is 19.8 Å². The lowest BCUT2D eigenvalue weighted by Gasteiger charge is -2.24. The molecular weight excluding hydrogens is 334 g/mol. The number of nitrogen functional groups attached to an aromatic ring is 1. The number of rotatable bonds is 13. The molecule has 2 N–H and O–H groups in total. The van der Waals surface area contributed by atoms with Crippen molar-refractivity contribution in [3.63, 3.8) is 0 Å². The molecule has 0 bridgehead atoms. The second kappa shape index (κ2) is 11.8. The number of nitrogens with two attached hydrogens (primary N) is 1. The van der Waals surface area contributed by atoms with Crippen molar-refractivity contribution in [2.24, 2.45) is 4.99 Å². The maximum absolute atomic E-state index is 5.97. The van der Waals surface area contributed by atoms with Gasteiger partial charge >= 0.3 is 6.01 Å². The highest BCUT2D eigenvalue weighted by atomic mass is 35.5. The highest BCUT2D eigenvalue weighted by Gasteiger charge is 2.18. The van der Waals surface area contributed by atoms with Gasteiger partial charge < -0.3 is 24.8 Å². The number of alkyl halides is 1. The van der Waals surface area contributed by atoms with Crippen LogP contribution >= 0.6 is 11.6 Å². The van der Waals surface area contributed by atoms with Crippen LogP contribution in [0, 0.1) is 0 Å². The topological polar surface area (TPSA) is 95.1 Å². The van der Waals surface area contributed by atoms with Gasteiger partial charge in [0.25, 0.3) is 0 Å². The molecule has 0 atom stereocenters. The molecule has 1 aromatic rings. The third-order valence-corrected chi connectivity index (χ3v) is 3.23. The lowest BCUT2D eigenvalue weighted by molar-refractivity contribution is 0.142. The summed E-state index contributed by atoms with van der Waals surface area (Å²) >= 11 is 5.60. The molecule has 0 radical (unpaired) electrons. The lowest BCUT2D eigenvalue weighted by atomic mass is 10.4. The quantitative estimate of drug-likeness (QED) is 0.250. The van der Waals surface area contributed by atoms with E-state index in [1.165, 1.54) is 0 Å². The first kappa shape index (κ1) is 20.4. The molecular formula is C15H26ClN5O3. The van der Waals surface area contributed by atoms with Crippen LogP contribution in [0.4, 0.5) is 17.3 Å². The van der Waals surface area contributed by atoms with E-state index < -0.39 is 0 Å². The zero-order chi connectivity index (χ0) is 17.8. The molecule has 0 saturated carbocycles. The summed E-state index contributed by atoms with van der Waals surface area (Å²) in [5.41, 5.74) is 6.36. The summed E-state index contributed by atoms with van der Waals surface area (Å²) in [5, 5.41) is 0. The lowest BCUT2D eigenvalue weighted by Crippen LogP contribution is -2.31. The van der Waals surface area contributed by atoms with Gasteiger partial charge in [-0.1, -0.05) is 13.3 Å². The number of aliphatic imine (C=N–C) groups is 1. The van der Waals surface area contributed by atoms with Gasteiger partial charge in [0.05, 0.1) is 19.8 Å². The number of aromatic nitrogens is 2. The maximum atomic E-state index is 5.97. The van der Waals surface area contributed by atoms with Gasteiger partial charge in [0.15, 0.2) is 11.6 Å². The van der Waals surface area contributed by atoms with E-state index in [0.29, 0.717) is 43.8 Å².